The summed E-state index contributed by atoms with van der Waals surface area (Å²) in [5.41, 5.74) is 1.70. The van der Waals surface area contributed by atoms with E-state index in [2.05, 4.69) is 10.6 Å². The minimum absolute atomic E-state index is 0.0310. The molecule has 1 fully saturated rings. The van der Waals surface area contributed by atoms with Crippen LogP contribution in [0.1, 0.15) is 34.3 Å². The van der Waals surface area contributed by atoms with Gasteiger partial charge in [-0.05, 0) is 43.5 Å². The van der Waals surface area contributed by atoms with Crippen molar-refractivity contribution in [3.8, 4) is 0 Å². The van der Waals surface area contributed by atoms with E-state index in [0.717, 1.165) is 31.5 Å². The Morgan fingerprint density at radius 1 is 1.14 bits per heavy atom. The molecule has 0 radical (unpaired) electrons. The number of carbonyl (C=O) groups excluding carboxylic acids is 2. The van der Waals surface area contributed by atoms with Crippen molar-refractivity contribution in [1.29, 1.82) is 0 Å². The average molecular weight is 382 g/mol. The number of hydrogen-bond donors (Lipinski definition) is 2. The van der Waals surface area contributed by atoms with Gasteiger partial charge in [0, 0.05) is 30.9 Å². The third-order valence-corrected chi connectivity index (χ3v) is 4.69. The summed E-state index contributed by atoms with van der Waals surface area (Å²) < 4.78 is 0. The Kier molecular flexibility index (Phi) is 5.88. The third kappa shape index (κ3) is 4.46. The Morgan fingerprint density at radius 3 is 2.57 bits per heavy atom. The molecule has 0 saturated carbocycles. The molecule has 1 aliphatic heterocycles. The van der Waals surface area contributed by atoms with Crippen LogP contribution >= 0.6 is 0 Å². The number of rotatable bonds is 5. The quantitative estimate of drug-likeness (QED) is 0.610. The largest absolute Gasteiger partial charge is 0.348 e. The number of hydrogen-bond acceptors (Lipinski definition) is 4. The van der Waals surface area contributed by atoms with Crippen molar-refractivity contribution in [2.75, 3.05) is 18.4 Å². The van der Waals surface area contributed by atoms with E-state index in [-0.39, 0.29) is 23.8 Å². The Labute approximate surface area is 162 Å². The topological polar surface area (TPSA) is 105 Å². The van der Waals surface area contributed by atoms with Gasteiger partial charge in [-0.2, -0.15) is 0 Å². The Bertz CT molecular complexity index is 907. The fraction of sp³-hybridized carbons (Fsp3) is 0.300. The molecule has 3 rings (SSSR count). The van der Waals surface area contributed by atoms with E-state index in [9.17, 15) is 19.7 Å². The molecule has 0 unspecified atom stereocenters. The van der Waals surface area contributed by atoms with Crippen molar-refractivity contribution in [1.82, 2.24) is 10.2 Å². The standard InChI is InChI=1S/C20H22N4O4/c1-14-6-4-9-17(18(14)24(27)28)19(25)21-13-15-7-5-8-16(12-15)22-20(26)23-10-2-3-11-23/h4-9,12H,2-3,10-11,13H2,1H3,(H,21,25)(H,22,26). The lowest BCUT2D eigenvalue weighted by Crippen LogP contribution is -2.32. The summed E-state index contributed by atoms with van der Waals surface area (Å²) in [6.07, 6.45) is 2.04. The number of amides is 3. The zero-order valence-corrected chi connectivity index (χ0v) is 15.6. The predicted octanol–water partition coefficient (Wildman–Crippen LogP) is 3.46. The first-order valence-corrected chi connectivity index (χ1v) is 9.13. The number of para-hydroxylation sites is 1. The fourth-order valence-electron chi connectivity index (χ4n) is 3.24. The van der Waals surface area contributed by atoms with Gasteiger partial charge in [-0.3, -0.25) is 14.9 Å². The van der Waals surface area contributed by atoms with E-state index >= 15 is 0 Å². The number of aryl methyl sites for hydroxylation is 1. The van der Waals surface area contributed by atoms with Crippen LogP contribution in [0.4, 0.5) is 16.2 Å². The second kappa shape index (κ2) is 8.51. The van der Waals surface area contributed by atoms with Gasteiger partial charge in [0.25, 0.3) is 11.6 Å². The van der Waals surface area contributed by atoms with Gasteiger partial charge in [0.1, 0.15) is 5.56 Å². The van der Waals surface area contributed by atoms with Crippen LogP contribution < -0.4 is 10.6 Å². The van der Waals surface area contributed by atoms with Crippen molar-refractivity contribution in [3.63, 3.8) is 0 Å². The maximum absolute atomic E-state index is 12.4. The lowest BCUT2D eigenvalue weighted by atomic mass is 10.1. The van der Waals surface area contributed by atoms with Gasteiger partial charge >= 0.3 is 6.03 Å². The number of nitrogens with one attached hydrogen (secondary N) is 2. The number of nitro groups is 1. The van der Waals surface area contributed by atoms with Crippen LogP contribution in [0.25, 0.3) is 0 Å². The minimum atomic E-state index is -0.543. The van der Waals surface area contributed by atoms with Crippen molar-refractivity contribution in [2.45, 2.75) is 26.3 Å². The molecule has 0 atom stereocenters. The second-order valence-corrected chi connectivity index (χ2v) is 6.74. The summed E-state index contributed by atoms with van der Waals surface area (Å²) in [5.74, 6) is -0.512. The first kappa shape index (κ1) is 19.3. The highest BCUT2D eigenvalue weighted by atomic mass is 16.6. The molecule has 3 amide bonds. The molecular formula is C20H22N4O4. The zero-order valence-electron chi connectivity index (χ0n) is 15.6. The molecule has 2 aromatic carbocycles. The molecule has 146 valence electrons. The highest BCUT2D eigenvalue weighted by Gasteiger charge is 2.22. The van der Waals surface area contributed by atoms with Crippen molar-refractivity contribution < 1.29 is 14.5 Å². The predicted molar refractivity (Wildman–Crippen MR) is 105 cm³/mol. The molecule has 0 aliphatic carbocycles. The van der Waals surface area contributed by atoms with Crippen LogP contribution in [0.15, 0.2) is 42.5 Å². The molecule has 8 heteroatoms. The Hall–Kier alpha value is -3.42. The number of nitro benzene ring substituents is 1. The molecule has 0 spiro atoms. The molecule has 28 heavy (non-hydrogen) atoms. The van der Waals surface area contributed by atoms with Crippen molar-refractivity contribution >= 4 is 23.3 Å². The van der Waals surface area contributed by atoms with Gasteiger partial charge < -0.3 is 15.5 Å². The zero-order chi connectivity index (χ0) is 20.1. The second-order valence-electron chi connectivity index (χ2n) is 6.74. The maximum atomic E-state index is 12.4. The van der Waals surface area contributed by atoms with Gasteiger partial charge in [0.05, 0.1) is 4.92 Å². The summed E-state index contributed by atoms with van der Waals surface area (Å²) >= 11 is 0. The minimum Gasteiger partial charge on any atom is -0.348 e. The summed E-state index contributed by atoms with van der Waals surface area (Å²) in [5, 5.41) is 16.8. The first-order valence-electron chi connectivity index (χ1n) is 9.13. The van der Waals surface area contributed by atoms with Gasteiger partial charge in [0.15, 0.2) is 0 Å². The number of anilines is 1. The average Bonchev–Trinajstić information content (AvgIpc) is 3.21. The lowest BCUT2D eigenvalue weighted by Gasteiger charge is -2.16. The maximum Gasteiger partial charge on any atom is 0.321 e. The molecule has 2 aromatic rings. The van der Waals surface area contributed by atoms with Gasteiger partial charge in [-0.15, -0.1) is 0 Å². The van der Waals surface area contributed by atoms with E-state index in [0.29, 0.717) is 11.3 Å². The van der Waals surface area contributed by atoms with Crippen LogP contribution in [0, 0.1) is 17.0 Å². The van der Waals surface area contributed by atoms with Crippen molar-refractivity contribution in [2.24, 2.45) is 0 Å². The van der Waals surface area contributed by atoms with E-state index in [1.165, 1.54) is 6.07 Å². The fourth-order valence-corrected chi connectivity index (χ4v) is 3.24. The smallest absolute Gasteiger partial charge is 0.321 e. The normalized spacial score (nSPS) is 13.2. The number of nitrogens with zero attached hydrogens (tertiary/aromatic N) is 2. The van der Waals surface area contributed by atoms with Gasteiger partial charge in [-0.25, -0.2) is 4.79 Å². The monoisotopic (exact) mass is 382 g/mol. The SMILES string of the molecule is Cc1cccc(C(=O)NCc2cccc(NC(=O)N3CCCC3)c2)c1[N+](=O)[O-]. The van der Waals surface area contributed by atoms with Gasteiger partial charge in [0.2, 0.25) is 0 Å². The summed E-state index contributed by atoms with van der Waals surface area (Å²) in [6.45, 7) is 3.31. The van der Waals surface area contributed by atoms with E-state index < -0.39 is 10.8 Å². The first-order chi connectivity index (χ1) is 13.5. The third-order valence-electron chi connectivity index (χ3n) is 4.69. The van der Waals surface area contributed by atoms with Crippen LogP contribution in [0.2, 0.25) is 0 Å². The van der Waals surface area contributed by atoms with E-state index in [1.54, 1.807) is 42.2 Å². The number of urea groups is 1. The molecule has 8 nitrogen and oxygen atoms in total. The lowest BCUT2D eigenvalue weighted by molar-refractivity contribution is -0.385. The highest BCUT2D eigenvalue weighted by Crippen LogP contribution is 2.23. The molecule has 0 bridgehead atoms. The molecule has 1 heterocycles. The van der Waals surface area contributed by atoms with Crippen molar-refractivity contribution in [3.05, 3.63) is 69.3 Å². The van der Waals surface area contributed by atoms with E-state index in [1.807, 2.05) is 6.07 Å². The molecule has 1 saturated heterocycles. The Balaban J connectivity index is 1.65. The highest BCUT2D eigenvalue weighted by molar-refractivity contribution is 5.98. The number of carbonyl (C=O) groups is 2. The summed E-state index contributed by atoms with van der Waals surface area (Å²) in [6, 6.07) is 11.7. The molecular weight excluding hydrogens is 360 g/mol. The Morgan fingerprint density at radius 2 is 1.86 bits per heavy atom. The molecule has 0 aromatic heterocycles. The molecule has 1 aliphatic rings. The van der Waals surface area contributed by atoms with Crippen LogP contribution in [0.5, 0.6) is 0 Å². The van der Waals surface area contributed by atoms with Crippen LogP contribution in [-0.2, 0) is 6.54 Å². The van der Waals surface area contributed by atoms with Crippen LogP contribution in [0.3, 0.4) is 0 Å². The number of benzene rings is 2. The van der Waals surface area contributed by atoms with Crippen LogP contribution in [-0.4, -0.2) is 34.9 Å². The van der Waals surface area contributed by atoms with E-state index in [4.69, 9.17) is 0 Å². The molecule has 2 N–H and O–H groups in total. The summed E-state index contributed by atoms with van der Waals surface area (Å²) in [7, 11) is 0. The van der Waals surface area contributed by atoms with Gasteiger partial charge in [-0.1, -0.05) is 24.3 Å². The number of likely N-dealkylation sites (tertiary alicyclic amines) is 1. The summed E-state index contributed by atoms with van der Waals surface area (Å²) in [4.78, 5) is 37.1.